The van der Waals surface area contributed by atoms with Crippen LogP contribution in [0.5, 0.6) is 0 Å². The van der Waals surface area contributed by atoms with E-state index in [-0.39, 0.29) is 24.6 Å². The summed E-state index contributed by atoms with van der Waals surface area (Å²) in [4.78, 5) is 40.2. The number of hydrogen-bond donors (Lipinski definition) is 1. The second-order valence-corrected chi connectivity index (χ2v) is 7.36. The van der Waals surface area contributed by atoms with Gasteiger partial charge in [-0.25, -0.2) is 9.59 Å². The van der Waals surface area contributed by atoms with Gasteiger partial charge in [0.2, 0.25) is 5.91 Å². The van der Waals surface area contributed by atoms with E-state index < -0.39 is 12.1 Å². The molecule has 0 radical (unpaired) electrons. The molecule has 2 aliphatic heterocycles. The molecule has 0 saturated carbocycles. The molecule has 2 aliphatic rings. The van der Waals surface area contributed by atoms with Gasteiger partial charge in [-0.15, -0.1) is 0 Å². The van der Waals surface area contributed by atoms with Gasteiger partial charge >= 0.3 is 12.2 Å². The number of nitrogens with zero attached hydrogens (tertiary/aromatic N) is 2. The van der Waals surface area contributed by atoms with Crippen molar-refractivity contribution >= 4 is 18.1 Å². The zero-order valence-electron chi connectivity index (χ0n) is 16.8. The molecule has 0 aromatic heterocycles. The standard InChI is InChI=1S/C21H29N3O5/c1-2-28-20(26)23-13-10-17(11-14-23)22-19(25)18-9-6-12-24(18)21(27)29-15-16-7-4-3-5-8-16/h3-5,7-8,17-18H,2,6,9-15H2,1H3,(H,22,25)/t18-/m1/s1. The molecule has 3 rings (SSSR count). The van der Waals surface area contributed by atoms with Crippen molar-refractivity contribution in [2.75, 3.05) is 26.2 Å². The molecule has 2 fully saturated rings. The van der Waals surface area contributed by atoms with Gasteiger partial charge in [0.15, 0.2) is 0 Å². The van der Waals surface area contributed by atoms with Crippen LogP contribution in [0.1, 0.15) is 38.2 Å². The molecule has 2 heterocycles. The summed E-state index contributed by atoms with van der Waals surface area (Å²) in [5, 5.41) is 3.04. The molecule has 1 aromatic rings. The lowest BCUT2D eigenvalue weighted by Crippen LogP contribution is -2.52. The lowest BCUT2D eigenvalue weighted by Gasteiger charge is -2.33. The fourth-order valence-electron chi connectivity index (χ4n) is 3.78. The summed E-state index contributed by atoms with van der Waals surface area (Å²) in [5.74, 6) is -0.145. The summed E-state index contributed by atoms with van der Waals surface area (Å²) in [6, 6.07) is 8.97. The van der Waals surface area contributed by atoms with E-state index in [0.717, 1.165) is 12.0 Å². The van der Waals surface area contributed by atoms with Crippen LogP contribution in [-0.2, 0) is 20.9 Å². The van der Waals surface area contributed by atoms with Crippen LogP contribution >= 0.6 is 0 Å². The van der Waals surface area contributed by atoms with Crippen molar-refractivity contribution in [1.29, 1.82) is 0 Å². The first kappa shape index (κ1) is 21.0. The van der Waals surface area contributed by atoms with Gasteiger partial charge in [0.1, 0.15) is 12.6 Å². The second kappa shape index (κ2) is 10.1. The zero-order chi connectivity index (χ0) is 20.6. The smallest absolute Gasteiger partial charge is 0.410 e. The summed E-state index contributed by atoms with van der Waals surface area (Å²) >= 11 is 0. The average Bonchev–Trinajstić information content (AvgIpc) is 3.24. The van der Waals surface area contributed by atoms with Gasteiger partial charge in [0.25, 0.3) is 0 Å². The maximum Gasteiger partial charge on any atom is 0.410 e. The Morgan fingerprint density at radius 1 is 1.00 bits per heavy atom. The highest BCUT2D eigenvalue weighted by Gasteiger charge is 2.36. The summed E-state index contributed by atoms with van der Waals surface area (Å²) in [6.07, 6.45) is 2.00. The largest absolute Gasteiger partial charge is 0.450 e. The van der Waals surface area contributed by atoms with Crippen LogP contribution in [-0.4, -0.2) is 66.2 Å². The minimum atomic E-state index is -0.499. The number of rotatable bonds is 5. The maximum atomic E-state index is 12.8. The third-order valence-electron chi connectivity index (χ3n) is 5.36. The van der Waals surface area contributed by atoms with Gasteiger partial charge in [-0.05, 0) is 38.2 Å². The van der Waals surface area contributed by atoms with Gasteiger partial charge in [-0.1, -0.05) is 30.3 Å². The van der Waals surface area contributed by atoms with Gasteiger partial charge in [0, 0.05) is 25.7 Å². The zero-order valence-corrected chi connectivity index (χ0v) is 16.8. The number of amides is 3. The molecule has 29 heavy (non-hydrogen) atoms. The van der Waals surface area contributed by atoms with E-state index in [9.17, 15) is 14.4 Å². The maximum absolute atomic E-state index is 12.8. The molecule has 158 valence electrons. The van der Waals surface area contributed by atoms with Crippen LogP contribution in [0.25, 0.3) is 0 Å². The van der Waals surface area contributed by atoms with Crippen molar-refractivity contribution in [3.8, 4) is 0 Å². The normalized spacial score (nSPS) is 19.7. The summed E-state index contributed by atoms with van der Waals surface area (Å²) in [7, 11) is 0. The molecule has 0 unspecified atom stereocenters. The Kier molecular flexibility index (Phi) is 7.32. The lowest BCUT2D eigenvalue weighted by molar-refractivity contribution is -0.126. The van der Waals surface area contributed by atoms with E-state index in [2.05, 4.69) is 5.32 Å². The predicted octanol–water partition coefficient (Wildman–Crippen LogP) is 2.52. The molecule has 8 nitrogen and oxygen atoms in total. The monoisotopic (exact) mass is 403 g/mol. The fourth-order valence-corrected chi connectivity index (χ4v) is 3.78. The topological polar surface area (TPSA) is 88.2 Å². The number of ether oxygens (including phenoxy) is 2. The van der Waals surface area contributed by atoms with Gasteiger partial charge in [-0.3, -0.25) is 9.69 Å². The van der Waals surface area contributed by atoms with E-state index in [1.165, 1.54) is 4.90 Å². The highest BCUT2D eigenvalue weighted by atomic mass is 16.6. The number of carbonyl (C=O) groups is 3. The third-order valence-corrected chi connectivity index (χ3v) is 5.36. The quantitative estimate of drug-likeness (QED) is 0.816. The summed E-state index contributed by atoms with van der Waals surface area (Å²) in [5.41, 5.74) is 0.911. The van der Waals surface area contributed by atoms with Crippen molar-refractivity contribution < 1.29 is 23.9 Å². The molecule has 0 aliphatic carbocycles. The molecule has 2 saturated heterocycles. The highest BCUT2D eigenvalue weighted by Crippen LogP contribution is 2.20. The van der Waals surface area contributed by atoms with Crippen LogP contribution in [0.4, 0.5) is 9.59 Å². The van der Waals surface area contributed by atoms with Crippen LogP contribution in [0.15, 0.2) is 30.3 Å². The Balaban J connectivity index is 1.46. The molecule has 0 bridgehead atoms. The Morgan fingerprint density at radius 3 is 2.41 bits per heavy atom. The Labute approximate surface area is 171 Å². The molecule has 8 heteroatoms. The molecule has 1 aromatic carbocycles. The van der Waals surface area contributed by atoms with Crippen LogP contribution < -0.4 is 5.32 Å². The number of nitrogens with one attached hydrogen (secondary N) is 1. The van der Waals surface area contributed by atoms with Crippen LogP contribution in [0, 0.1) is 0 Å². The first-order valence-corrected chi connectivity index (χ1v) is 10.3. The Hall–Kier alpha value is -2.77. The van der Waals surface area contributed by atoms with Crippen molar-refractivity contribution in [3.05, 3.63) is 35.9 Å². The number of likely N-dealkylation sites (tertiary alicyclic amines) is 2. The summed E-state index contributed by atoms with van der Waals surface area (Å²) in [6.45, 7) is 3.95. The molecular weight excluding hydrogens is 374 g/mol. The molecule has 3 amide bonds. The Morgan fingerprint density at radius 2 is 1.72 bits per heavy atom. The lowest BCUT2D eigenvalue weighted by atomic mass is 10.0. The molecule has 1 N–H and O–H groups in total. The van der Waals surface area contributed by atoms with Gasteiger partial charge in [-0.2, -0.15) is 0 Å². The minimum Gasteiger partial charge on any atom is -0.450 e. The number of piperidine rings is 1. The number of benzene rings is 1. The number of hydrogen-bond acceptors (Lipinski definition) is 5. The summed E-state index contributed by atoms with van der Waals surface area (Å²) < 4.78 is 10.4. The number of carbonyl (C=O) groups excluding carboxylic acids is 3. The first-order chi connectivity index (χ1) is 14.1. The second-order valence-electron chi connectivity index (χ2n) is 7.36. The van der Waals surface area contributed by atoms with Crippen molar-refractivity contribution in [3.63, 3.8) is 0 Å². The van der Waals surface area contributed by atoms with Crippen LogP contribution in [0.3, 0.4) is 0 Å². The van der Waals surface area contributed by atoms with E-state index >= 15 is 0 Å². The predicted molar refractivity (Wildman–Crippen MR) is 106 cm³/mol. The molecular formula is C21H29N3O5. The van der Waals surface area contributed by atoms with E-state index in [1.807, 2.05) is 30.3 Å². The van der Waals surface area contributed by atoms with Crippen molar-refractivity contribution in [2.45, 2.75) is 51.3 Å². The van der Waals surface area contributed by atoms with E-state index in [1.54, 1.807) is 11.8 Å². The SMILES string of the molecule is CCOC(=O)N1CCC(NC(=O)[C@H]2CCCN2C(=O)OCc2ccccc2)CC1. The highest BCUT2D eigenvalue weighted by molar-refractivity contribution is 5.86. The first-order valence-electron chi connectivity index (χ1n) is 10.3. The van der Waals surface area contributed by atoms with Gasteiger partial charge < -0.3 is 19.7 Å². The van der Waals surface area contributed by atoms with Crippen LogP contribution in [0.2, 0.25) is 0 Å². The third kappa shape index (κ3) is 5.62. The average molecular weight is 403 g/mol. The van der Waals surface area contributed by atoms with E-state index in [0.29, 0.717) is 45.5 Å². The van der Waals surface area contributed by atoms with E-state index in [4.69, 9.17) is 9.47 Å². The molecule has 1 atom stereocenters. The Bertz CT molecular complexity index is 704. The van der Waals surface area contributed by atoms with Crippen molar-refractivity contribution in [2.24, 2.45) is 0 Å². The van der Waals surface area contributed by atoms with Gasteiger partial charge in [0.05, 0.1) is 6.61 Å². The fraction of sp³-hybridized carbons (Fsp3) is 0.571. The molecule has 0 spiro atoms. The van der Waals surface area contributed by atoms with Crippen molar-refractivity contribution in [1.82, 2.24) is 15.1 Å². The minimum absolute atomic E-state index is 0.00374.